The van der Waals surface area contributed by atoms with E-state index < -0.39 is 0 Å². The summed E-state index contributed by atoms with van der Waals surface area (Å²) in [5, 5.41) is 0. The Morgan fingerprint density at radius 2 is 1.97 bits per heavy atom. The van der Waals surface area contributed by atoms with Crippen LogP contribution >= 0.6 is 0 Å². The van der Waals surface area contributed by atoms with Gasteiger partial charge in [-0.1, -0.05) is 63.8 Å². The Labute approximate surface area is 187 Å². The summed E-state index contributed by atoms with van der Waals surface area (Å²) in [5.74, 6) is 5.09. The summed E-state index contributed by atoms with van der Waals surface area (Å²) in [5.41, 5.74) is 5.96. The molecule has 0 bridgehead atoms. The second-order valence-corrected chi connectivity index (χ2v) is 11.7. The number of hydrogen-bond acceptors (Lipinski definition) is 1. The molecule has 0 aromatic heterocycles. The number of hydrogen-bond donors (Lipinski definition) is 0. The van der Waals surface area contributed by atoms with E-state index in [2.05, 4.69) is 40.7 Å². The van der Waals surface area contributed by atoms with E-state index >= 15 is 0 Å². The van der Waals surface area contributed by atoms with Crippen LogP contribution in [0.1, 0.15) is 105 Å². The van der Waals surface area contributed by atoms with E-state index in [1.807, 2.05) is 16.7 Å². The second-order valence-electron chi connectivity index (χ2n) is 11.7. The van der Waals surface area contributed by atoms with Gasteiger partial charge >= 0.3 is 0 Å². The highest BCUT2D eigenvalue weighted by Gasteiger charge is 2.42. The number of fused-ring (bicyclic) bond motifs is 2. The molecule has 0 N–H and O–H groups in total. The summed E-state index contributed by atoms with van der Waals surface area (Å²) in [4.78, 5) is 0. The van der Waals surface area contributed by atoms with Crippen LogP contribution in [0.4, 0.5) is 0 Å². The molecule has 0 aromatic carbocycles. The van der Waals surface area contributed by atoms with Gasteiger partial charge in [-0.15, -0.1) is 0 Å². The van der Waals surface area contributed by atoms with Crippen molar-refractivity contribution in [1.82, 2.24) is 0 Å². The lowest BCUT2D eigenvalue weighted by atomic mass is 9.70. The molecule has 4 rings (SSSR count). The van der Waals surface area contributed by atoms with Gasteiger partial charge in [-0.2, -0.15) is 0 Å². The molecule has 0 amide bonds. The van der Waals surface area contributed by atoms with Gasteiger partial charge in [0.2, 0.25) is 0 Å². The molecule has 4 aliphatic rings. The van der Waals surface area contributed by atoms with Gasteiger partial charge in [0.15, 0.2) is 0 Å². The highest BCUT2D eigenvalue weighted by atomic mass is 16.5. The van der Waals surface area contributed by atoms with Crippen molar-refractivity contribution in [2.45, 2.75) is 105 Å². The van der Waals surface area contributed by atoms with Crippen LogP contribution < -0.4 is 0 Å². The Kier molecular flexibility index (Phi) is 7.18. The van der Waals surface area contributed by atoms with E-state index in [1.54, 1.807) is 0 Å². The Bertz CT molecular complexity index is 651. The lowest BCUT2D eigenvalue weighted by molar-refractivity contribution is 0.177. The summed E-state index contributed by atoms with van der Waals surface area (Å²) < 4.78 is 5.66. The van der Waals surface area contributed by atoms with E-state index in [-0.39, 0.29) is 0 Å². The first kappa shape index (κ1) is 22.6. The molecular weight excluding hydrogens is 364 g/mol. The SMILES string of the molecule is CCC(CC1CCOC1)CC(C)C1=C2CCC(C)C3CCC(CC)/C3=C/C2(C)CC1. The fraction of sp³-hybridized carbons (Fsp3) is 0.862. The third-order valence-corrected chi connectivity index (χ3v) is 9.78. The van der Waals surface area contributed by atoms with E-state index in [9.17, 15) is 0 Å². The largest absolute Gasteiger partial charge is 0.381 e. The second kappa shape index (κ2) is 9.51. The monoisotopic (exact) mass is 412 g/mol. The lowest BCUT2D eigenvalue weighted by Crippen LogP contribution is -2.23. The quantitative estimate of drug-likeness (QED) is 0.382. The molecule has 1 nitrogen and oxygen atoms in total. The highest BCUT2D eigenvalue weighted by molar-refractivity contribution is 5.37. The molecule has 7 atom stereocenters. The van der Waals surface area contributed by atoms with Crippen molar-refractivity contribution in [1.29, 1.82) is 0 Å². The van der Waals surface area contributed by atoms with Crippen LogP contribution in [0, 0.1) is 40.9 Å². The summed E-state index contributed by atoms with van der Waals surface area (Å²) in [7, 11) is 0. The first-order chi connectivity index (χ1) is 14.4. The molecule has 1 heteroatoms. The Morgan fingerprint density at radius 3 is 2.67 bits per heavy atom. The minimum Gasteiger partial charge on any atom is -0.381 e. The van der Waals surface area contributed by atoms with Crippen molar-refractivity contribution in [2.75, 3.05) is 13.2 Å². The summed E-state index contributed by atoms with van der Waals surface area (Å²) in [6, 6.07) is 0. The zero-order chi connectivity index (χ0) is 21.3. The molecule has 170 valence electrons. The van der Waals surface area contributed by atoms with Gasteiger partial charge in [0.05, 0.1) is 0 Å². The van der Waals surface area contributed by atoms with Crippen LogP contribution in [0.3, 0.4) is 0 Å². The van der Waals surface area contributed by atoms with E-state index in [1.165, 1.54) is 70.6 Å². The highest BCUT2D eigenvalue weighted by Crippen LogP contribution is 2.55. The van der Waals surface area contributed by atoms with Gasteiger partial charge in [0.25, 0.3) is 0 Å². The van der Waals surface area contributed by atoms with Crippen LogP contribution in [-0.2, 0) is 4.74 Å². The zero-order valence-corrected chi connectivity index (χ0v) is 20.6. The minimum absolute atomic E-state index is 0.357. The topological polar surface area (TPSA) is 9.23 Å². The maximum atomic E-state index is 5.66. The van der Waals surface area contributed by atoms with Crippen molar-refractivity contribution in [3.8, 4) is 0 Å². The van der Waals surface area contributed by atoms with Gasteiger partial charge in [-0.3, -0.25) is 0 Å². The Hall–Kier alpha value is -0.560. The number of rotatable bonds is 7. The van der Waals surface area contributed by atoms with Crippen LogP contribution in [0.5, 0.6) is 0 Å². The van der Waals surface area contributed by atoms with Crippen molar-refractivity contribution in [3.63, 3.8) is 0 Å². The van der Waals surface area contributed by atoms with Crippen LogP contribution in [0.15, 0.2) is 22.8 Å². The summed E-state index contributed by atoms with van der Waals surface area (Å²) >= 11 is 0. The summed E-state index contributed by atoms with van der Waals surface area (Å²) in [6.07, 6.45) is 18.0. The van der Waals surface area contributed by atoms with Gasteiger partial charge in [-0.25, -0.2) is 0 Å². The van der Waals surface area contributed by atoms with Crippen molar-refractivity contribution in [3.05, 3.63) is 22.8 Å². The molecule has 1 saturated carbocycles. The van der Waals surface area contributed by atoms with Crippen molar-refractivity contribution in [2.24, 2.45) is 40.9 Å². The van der Waals surface area contributed by atoms with Gasteiger partial charge in [-0.05, 0) is 99.7 Å². The maximum Gasteiger partial charge on any atom is 0.0495 e. The average Bonchev–Trinajstić information content (AvgIpc) is 3.44. The summed E-state index contributed by atoms with van der Waals surface area (Å²) in [6.45, 7) is 14.5. The normalized spacial score (nSPS) is 40.4. The lowest BCUT2D eigenvalue weighted by Gasteiger charge is -2.35. The zero-order valence-electron chi connectivity index (χ0n) is 20.6. The standard InChI is InChI=1S/C29H48O/c1-6-22(17-23-13-15-30-19-23)16-21(4)26-12-14-29(5)18-27-24(7-2)9-10-25(27)20(3)8-11-28(26)29/h18,20-25H,6-17,19H2,1-5H3/b27-18-. The molecule has 0 radical (unpaired) electrons. The maximum absolute atomic E-state index is 5.66. The molecule has 1 aliphatic heterocycles. The molecule has 3 aliphatic carbocycles. The van der Waals surface area contributed by atoms with Gasteiger partial charge in [0, 0.05) is 18.6 Å². The molecule has 7 unspecified atom stereocenters. The first-order valence-electron chi connectivity index (χ1n) is 13.5. The molecule has 1 saturated heterocycles. The number of allylic oxidation sites excluding steroid dienone is 4. The first-order valence-corrected chi connectivity index (χ1v) is 13.5. The van der Waals surface area contributed by atoms with Gasteiger partial charge < -0.3 is 4.74 Å². The van der Waals surface area contributed by atoms with Crippen molar-refractivity contribution < 1.29 is 4.74 Å². The van der Waals surface area contributed by atoms with Crippen LogP contribution in [-0.4, -0.2) is 13.2 Å². The van der Waals surface area contributed by atoms with Crippen molar-refractivity contribution >= 4 is 0 Å². The van der Waals surface area contributed by atoms with Crippen LogP contribution in [0.2, 0.25) is 0 Å². The fourth-order valence-electron chi connectivity index (χ4n) is 7.76. The van der Waals surface area contributed by atoms with Crippen LogP contribution in [0.25, 0.3) is 0 Å². The molecule has 2 fully saturated rings. The molecule has 1 heterocycles. The molecule has 0 spiro atoms. The Balaban J connectivity index is 1.55. The fourth-order valence-corrected chi connectivity index (χ4v) is 7.76. The minimum atomic E-state index is 0.357. The van der Waals surface area contributed by atoms with Gasteiger partial charge in [0.1, 0.15) is 0 Å². The predicted octanol–water partition coefficient (Wildman–Crippen LogP) is 8.35. The number of ether oxygens (including phenoxy) is 1. The third-order valence-electron chi connectivity index (χ3n) is 9.78. The average molecular weight is 413 g/mol. The predicted molar refractivity (Wildman–Crippen MR) is 128 cm³/mol. The molecule has 30 heavy (non-hydrogen) atoms. The molecule has 0 aromatic rings. The van der Waals surface area contributed by atoms with E-state index in [4.69, 9.17) is 4.74 Å². The van der Waals surface area contributed by atoms with E-state index in [0.717, 1.165) is 48.7 Å². The third kappa shape index (κ3) is 4.48. The van der Waals surface area contributed by atoms with E-state index in [0.29, 0.717) is 5.41 Å². The smallest absolute Gasteiger partial charge is 0.0495 e. The molecular formula is C29H48O. The Morgan fingerprint density at radius 1 is 1.13 bits per heavy atom.